The van der Waals surface area contributed by atoms with Crippen LogP contribution in [0.4, 0.5) is 34.5 Å². The average Bonchev–Trinajstić information content (AvgIpc) is 4.24. The van der Waals surface area contributed by atoms with Crippen LogP contribution in [0.3, 0.4) is 0 Å². The molecule has 16 nitrogen and oxygen atoms in total. The van der Waals surface area contributed by atoms with Gasteiger partial charge >= 0.3 is 0 Å². The summed E-state index contributed by atoms with van der Waals surface area (Å²) in [7, 11) is 0. The second-order valence-corrected chi connectivity index (χ2v) is 22.6. The van der Waals surface area contributed by atoms with Crippen LogP contribution < -0.4 is 32.7 Å². The number of fused-ring (bicyclic) bond motifs is 3. The van der Waals surface area contributed by atoms with E-state index in [0.29, 0.717) is 29.8 Å². The van der Waals surface area contributed by atoms with Gasteiger partial charge in [0.1, 0.15) is 17.5 Å². The summed E-state index contributed by atoms with van der Waals surface area (Å²) in [6.07, 6.45) is 15.2. The fourth-order valence-electron chi connectivity index (χ4n) is 8.85. The molecule has 0 bridgehead atoms. The second kappa shape index (κ2) is 25.5. The number of halogens is 1. The molecule has 1 unspecified atom stereocenters. The lowest BCUT2D eigenvalue weighted by atomic mass is 10.1. The number of ether oxygens (including phenoxy) is 1. The van der Waals surface area contributed by atoms with Crippen molar-refractivity contribution in [2.75, 3.05) is 39.3 Å². The fourth-order valence-corrected chi connectivity index (χ4v) is 12.0. The van der Waals surface area contributed by atoms with Gasteiger partial charge in [0, 0.05) is 67.1 Å². The van der Waals surface area contributed by atoms with E-state index >= 15 is 0 Å². The number of aromatic nitrogens is 9. The molecule has 10 N–H and O–H groups in total. The first-order chi connectivity index (χ1) is 35.3. The lowest BCUT2D eigenvalue weighted by molar-refractivity contribution is -0.0383. The number of H-pyrrole nitrogens is 2. The van der Waals surface area contributed by atoms with Gasteiger partial charge in [-0.25, -0.2) is 19.6 Å². The first kappa shape index (κ1) is 55.8. The van der Waals surface area contributed by atoms with E-state index in [0.717, 1.165) is 134 Å². The highest BCUT2D eigenvalue weighted by Crippen LogP contribution is 2.42. The lowest BCUT2D eigenvalue weighted by Crippen LogP contribution is -2.26. The Morgan fingerprint density at radius 1 is 0.622 bits per heavy atom. The number of nitrogens with zero attached hydrogens (tertiary/aromatic N) is 7. The van der Waals surface area contributed by atoms with Gasteiger partial charge in [-0.3, -0.25) is 10.2 Å². The number of aromatic amines is 2. The highest BCUT2D eigenvalue weighted by molar-refractivity contribution is 7.23. The number of nitrogens with one attached hydrogen (secondary N) is 6. The van der Waals surface area contributed by atoms with Crippen molar-refractivity contribution in [3.05, 3.63) is 73.2 Å². The molecular weight excluding hydrogens is 1010 g/mol. The van der Waals surface area contributed by atoms with Gasteiger partial charge in [-0.15, -0.1) is 46.4 Å². The van der Waals surface area contributed by atoms with Crippen LogP contribution in [0.5, 0.6) is 0 Å². The second-order valence-electron chi connectivity index (χ2n) is 19.5. The highest BCUT2D eigenvalue weighted by atomic mass is 35.5. The van der Waals surface area contributed by atoms with Gasteiger partial charge in [0.2, 0.25) is 0 Å². The molecule has 1 aliphatic heterocycles. The monoisotopic (exact) mass is 1080 g/mol. The summed E-state index contributed by atoms with van der Waals surface area (Å²) in [5, 5.41) is 33.1. The Kier molecular flexibility index (Phi) is 19.2. The Hall–Kier alpha value is -5.99. The Morgan fingerprint density at radius 3 is 1.51 bits per heavy atom. The molecule has 396 valence electrons. The van der Waals surface area contributed by atoms with E-state index in [4.69, 9.17) is 21.2 Å². The summed E-state index contributed by atoms with van der Waals surface area (Å²) in [5.74, 6) is 2.00. The number of nitrogen functional groups attached to an aromatic ring is 2. The van der Waals surface area contributed by atoms with E-state index in [1.54, 1.807) is 46.4 Å². The highest BCUT2D eigenvalue weighted by Gasteiger charge is 2.23. The molecule has 0 aromatic carbocycles. The van der Waals surface area contributed by atoms with Gasteiger partial charge in [0.05, 0.1) is 79.4 Å². The van der Waals surface area contributed by atoms with Crippen LogP contribution >= 0.6 is 46.4 Å². The van der Waals surface area contributed by atoms with Crippen LogP contribution in [-0.4, -0.2) is 75.4 Å². The number of nitrogens with two attached hydrogens (primary N) is 2. The number of pyridine rings is 3. The molecule has 10 heterocycles. The van der Waals surface area contributed by atoms with Crippen molar-refractivity contribution in [1.29, 1.82) is 0 Å². The summed E-state index contributed by atoms with van der Waals surface area (Å²) in [6.45, 7) is 20.5. The molecule has 1 fully saturated rings. The minimum atomic E-state index is -0.0529. The molecular formula is C54H74ClN15OS3. The molecule has 0 spiro atoms. The topological polar surface area (TPSA) is 223 Å². The zero-order valence-electron chi connectivity index (χ0n) is 44.1. The summed E-state index contributed by atoms with van der Waals surface area (Å²) < 4.78 is 11.5. The normalized spacial score (nSPS) is 13.8. The quantitative estimate of drug-likeness (QED) is 0.0426. The first-order valence-electron chi connectivity index (χ1n) is 25.9. The minimum Gasteiger partial charge on any atom is -0.384 e. The van der Waals surface area contributed by atoms with Crippen LogP contribution in [0.1, 0.15) is 126 Å². The van der Waals surface area contributed by atoms with Gasteiger partial charge in [0.15, 0.2) is 6.23 Å². The number of thiophene rings is 3. The Labute approximate surface area is 453 Å². The zero-order valence-corrected chi connectivity index (χ0v) is 47.4. The smallest absolute Gasteiger partial charge is 0.150 e. The molecule has 9 aromatic rings. The molecule has 1 atom stereocenters. The molecule has 0 aliphatic carbocycles. The van der Waals surface area contributed by atoms with E-state index in [-0.39, 0.29) is 24.2 Å². The molecule has 1 aliphatic rings. The van der Waals surface area contributed by atoms with E-state index in [1.165, 1.54) is 16.0 Å². The minimum absolute atomic E-state index is 0. The summed E-state index contributed by atoms with van der Waals surface area (Å²) in [4.78, 5) is 17.2. The predicted octanol–water partition coefficient (Wildman–Crippen LogP) is 14.8. The van der Waals surface area contributed by atoms with Crippen LogP contribution in [0.15, 0.2) is 73.2 Å². The molecule has 74 heavy (non-hydrogen) atoms. The summed E-state index contributed by atoms with van der Waals surface area (Å²) in [5.41, 5.74) is 21.1. The Balaban J connectivity index is 0.000000166. The van der Waals surface area contributed by atoms with Crippen molar-refractivity contribution >= 4 is 112 Å². The fraction of sp³-hybridized carbons (Fsp3) is 0.444. The van der Waals surface area contributed by atoms with Crippen molar-refractivity contribution in [2.24, 2.45) is 0 Å². The van der Waals surface area contributed by atoms with E-state index in [1.807, 2.05) is 35.1 Å². The van der Waals surface area contributed by atoms with E-state index < -0.39 is 0 Å². The van der Waals surface area contributed by atoms with Gasteiger partial charge in [-0.2, -0.15) is 15.3 Å². The largest absolute Gasteiger partial charge is 0.384 e. The van der Waals surface area contributed by atoms with Gasteiger partial charge in [-0.1, -0.05) is 41.5 Å². The summed E-state index contributed by atoms with van der Waals surface area (Å²) >= 11 is 5.18. The van der Waals surface area contributed by atoms with Crippen molar-refractivity contribution in [3.8, 4) is 31.7 Å². The number of anilines is 6. The van der Waals surface area contributed by atoms with Crippen molar-refractivity contribution in [2.45, 2.75) is 150 Å². The third-order valence-corrected chi connectivity index (χ3v) is 16.5. The molecule has 0 radical (unpaired) electrons. The first-order valence-corrected chi connectivity index (χ1v) is 28.3. The van der Waals surface area contributed by atoms with Gasteiger partial charge < -0.3 is 37.5 Å². The third-order valence-electron chi connectivity index (χ3n) is 12.9. The lowest BCUT2D eigenvalue weighted by Gasteiger charge is -2.24. The zero-order chi connectivity index (χ0) is 51.6. The number of rotatable bonds is 17. The predicted molar refractivity (Wildman–Crippen MR) is 318 cm³/mol. The third kappa shape index (κ3) is 13.6. The average molecular weight is 1080 g/mol. The van der Waals surface area contributed by atoms with Crippen LogP contribution in [-0.2, 0) is 4.74 Å². The van der Waals surface area contributed by atoms with E-state index in [2.05, 4.69) is 149 Å². The van der Waals surface area contributed by atoms with Gasteiger partial charge in [-0.05, 0) is 115 Å². The number of hydrogen-bond acceptors (Lipinski definition) is 16. The molecule has 10 rings (SSSR count). The van der Waals surface area contributed by atoms with Gasteiger partial charge in [0.25, 0.3) is 0 Å². The maximum Gasteiger partial charge on any atom is 0.150 e. The van der Waals surface area contributed by atoms with Crippen LogP contribution in [0.25, 0.3) is 62.4 Å². The molecule has 0 amide bonds. The van der Waals surface area contributed by atoms with Crippen molar-refractivity contribution in [1.82, 2.24) is 45.1 Å². The Bertz CT molecular complexity index is 3010. The molecule has 20 heteroatoms. The molecule has 0 saturated carbocycles. The maximum atomic E-state index is 6.01. The SMILES string of the molecule is CCC(CC)Nc1cc(N)nc2cc(-c3ccn[nH]3)sc12.CCC(CC)Nc1cc(N)nc2cc(-c3ccn[nH]3)sc12.CCC(CC)Nc1cc(NC(C)(C)C)nc2cc(-c3ccnn3C3CCCCO3)sc12.Cl. The van der Waals surface area contributed by atoms with Crippen molar-refractivity contribution < 1.29 is 4.74 Å². The van der Waals surface area contributed by atoms with E-state index in [9.17, 15) is 0 Å². The number of hydrogen-bond donors (Lipinski definition) is 8. The van der Waals surface area contributed by atoms with Crippen LogP contribution in [0.2, 0.25) is 0 Å². The van der Waals surface area contributed by atoms with Crippen LogP contribution in [0, 0.1) is 0 Å². The molecule has 1 saturated heterocycles. The standard InChI is InChI=1S/C24H35N5OS.2C15H19N5S.ClH/c1-6-16(7-2)26-18-15-21(28-24(3,4)5)27-17-14-20(31-23(17)18)19-11-12-25-29(19)22-10-8-9-13-30-22;2*1-3-9(4-2)18-12-8-14(16)19-11-7-13(21-15(11)12)10-5-6-17-20-10;/h11-12,14-16,22H,6-10,13H2,1-5H3,(H2,26,27,28);2*5-9H,3-4H2,1-2H3,(H,17,20)(H3,16,18,19);1H. The van der Waals surface area contributed by atoms with Crippen molar-refractivity contribution in [3.63, 3.8) is 0 Å². The maximum absolute atomic E-state index is 6.01. The summed E-state index contributed by atoms with van der Waals surface area (Å²) in [6, 6.07) is 19.7. The molecule has 9 aromatic heterocycles. The Morgan fingerprint density at radius 2 is 1.08 bits per heavy atom.